The standard InChI is InChI=1S/C36H62F2O2/c1-2-3-6-26-39-34-24-25-35(40-27-34)33-22-16-29(17-23-33)9-5-4-8-28-12-18-31(19-13-28)32-20-14-30(15-21-32)10-7-11-36(37)38/h11,28-35H,2-10,12-27H2,1H3. The molecule has 2 nitrogen and oxygen atoms in total. The minimum Gasteiger partial charge on any atom is -0.376 e. The molecule has 2 unspecified atom stereocenters. The van der Waals surface area contributed by atoms with Crippen LogP contribution >= 0.6 is 0 Å². The van der Waals surface area contributed by atoms with E-state index in [1.54, 1.807) is 0 Å². The zero-order valence-electron chi connectivity index (χ0n) is 25.9. The Labute approximate surface area is 245 Å². The number of hydrogen-bond acceptors (Lipinski definition) is 2. The fourth-order valence-corrected chi connectivity index (χ4v) is 8.89. The molecule has 0 spiro atoms. The topological polar surface area (TPSA) is 18.5 Å². The Balaban J connectivity index is 0.985. The van der Waals surface area contributed by atoms with Crippen molar-refractivity contribution in [3.63, 3.8) is 0 Å². The normalized spacial score (nSPS) is 35.4. The van der Waals surface area contributed by atoms with Gasteiger partial charge in [-0.3, -0.25) is 0 Å². The Kier molecular flexibility index (Phi) is 14.8. The van der Waals surface area contributed by atoms with E-state index in [4.69, 9.17) is 9.47 Å². The highest BCUT2D eigenvalue weighted by molar-refractivity contribution is 4.86. The first-order valence-electron chi connectivity index (χ1n) is 17.8. The summed E-state index contributed by atoms with van der Waals surface area (Å²) in [6, 6.07) is 0. The maximum atomic E-state index is 12.3. The molecule has 4 rings (SSSR count). The van der Waals surface area contributed by atoms with Crippen LogP contribution in [-0.4, -0.2) is 25.4 Å². The lowest BCUT2D eigenvalue weighted by molar-refractivity contribution is -0.108. The van der Waals surface area contributed by atoms with Crippen LogP contribution in [0.1, 0.15) is 155 Å². The summed E-state index contributed by atoms with van der Waals surface area (Å²) >= 11 is 0. The molecule has 0 amide bonds. The Hall–Kier alpha value is -0.480. The van der Waals surface area contributed by atoms with Crippen LogP contribution in [0.3, 0.4) is 0 Å². The molecule has 0 bridgehead atoms. The van der Waals surface area contributed by atoms with Gasteiger partial charge in [-0.05, 0) is 112 Å². The third-order valence-corrected chi connectivity index (χ3v) is 11.6. The molecule has 3 saturated carbocycles. The first-order valence-corrected chi connectivity index (χ1v) is 17.8. The average Bonchev–Trinajstić information content (AvgIpc) is 2.99. The molecule has 4 heteroatoms. The smallest absolute Gasteiger partial charge is 0.266 e. The number of allylic oxidation sites excluding steroid dienone is 1. The number of rotatable bonds is 15. The molecule has 0 aromatic rings. The van der Waals surface area contributed by atoms with Gasteiger partial charge >= 0.3 is 0 Å². The minimum absolute atomic E-state index is 0.344. The molecular formula is C36H62F2O2. The highest BCUT2D eigenvalue weighted by Gasteiger charge is 2.33. The van der Waals surface area contributed by atoms with Crippen molar-refractivity contribution in [2.45, 2.75) is 167 Å². The van der Waals surface area contributed by atoms with Crippen molar-refractivity contribution >= 4 is 0 Å². The third kappa shape index (κ3) is 11.3. The molecular weight excluding hydrogens is 502 g/mol. The highest BCUT2D eigenvalue weighted by atomic mass is 19.3. The van der Waals surface area contributed by atoms with Gasteiger partial charge in [-0.2, -0.15) is 8.78 Å². The maximum Gasteiger partial charge on any atom is 0.266 e. The molecule has 4 fully saturated rings. The Morgan fingerprint density at radius 1 is 0.650 bits per heavy atom. The van der Waals surface area contributed by atoms with Gasteiger partial charge in [0, 0.05) is 6.61 Å². The van der Waals surface area contributed by atoms with E-state index in [1.807, 2.05) is 0 Å². The average molecular weight is 565 g/mol. The van der Waals surface area contributed by atoms with Gasteiger partial charge in [-0.25, -0.2) is 0 Å². The molecule has 232 valence electrons. The molecule has 1 heterocycles. The molecule has 1 aliphatic heterocycles. The molecule has 0 aromatic carbocycles. The van der Waals surface area contributed by atoms with Crippen LogP contribution < -0.4 is 0 Å². The second kappa shape index (κ2) is 18.2. The maximum absolute atomic E-state index is 12.3. The van der Waals surface area contributed by atoms with Gasteiger partial charge < -0.3 is 9.47 Å². The summed E-state index contributed by atoms with van der Waals surface area (Å²) in [5, 5.41) is 0. The first kappa shape index (κ1) is 32.4. The summed E-state index contributed by atoms with van der Waals surface area (Å²) in [7, 11) is 0. The van der Waals surface area contributed by atoms with Crippen LogP contribution in [0.2, 0.25) is 0 Å². The van der Waals surface area contributed by atoms with E-state index in [2.05, 4.69) is 6.92 Å². The van der Waals surface area contributed by atoms with Crippen molar-refractivity contribution in [2.75, 3.05) is 13.2 Å². The van der Waals surface area contributed by atoms with Crippen LogP contribution in [0.5, 0.6) is 0 Å². The van der Waals surface area contributed by atoms with Gasteiger partial charge in [0.1, 0.15) is 0 Å². The number of unbranched alkanes of at least 4 members (excludes halogenated alkanes) is 3. The quantitative estimate of drug-likeness (QED) is 0.184. The van der Waals surface area contributed by atoms with Crippen molar-refractivity contribution in [1.82, 2.24) is 0 Å². The van der Waals surface area contributed by atoms with Gasteiger partial charge in [0.05, 0.1) is 18.8 Å². The number of ether oxygens (including phenoxy) is 2. The second-order valence-electron chi connectivity index (χ2n) is 14.3. The highest BCUT2D eigenvalue weighted by Crippen LogP contribution is 2.43. The molecule has 40 heavy (non-hydrogen) atoms. The lowest BCUT2D eigenvalue weighted by Gasteiger charge is -2.38. The Morgan fingerprint density at radius 2 is 1.20 bits per heavy atom. The van der Waals surface area contributed by atoms with Crippen molar-refractivity contribution in [3.05, 3.63) is 12.2 Å². The largest absolute Gasteiger partial charge is 0.376 e. The van der Waals surface area contributed by atoms with Gasteiger partial charge in [0.25, 0.3) is 6.08 Å². The van der Waals surface area contributed by atoms with Crippen LogP contribution in [-0.2, 0) is 9.47 Å². The van der Waals surface area contributed by atoms with E-state index >= 15 is 0 Å². The van der Waals surface area contributed by atoms with Gasteiger partial charge in [0.2, 0.25) is 0 Å². The van der Waals surface area contributed by atoms with Gasteiger partial charge in [-0.15, -0.1) is 0 Å². The minimum atomic E-state index is -1.50. The summed E-state index contributed by atoms with van der Waals surface area (Å²) in [5.74, 6) is 5.30. The molecule has 4 aliphatic rings. The lowest BCUT2D eigenvalue weighted by atomic mass is 9.68. The second-order valence-corrected chi connectivity index (χ2v) is 14.3. The zero-order valence-corrected chi connectivity index (χ0v) is 25.9. The molecule has 1 saturated heterocycles. The van der Waals surface area contributed by atoms with E-state index in [1.165, 1.54) is 135 Å². The summed E-state index contributed by atoms with van der Waals surface area (Å²) < 4.78 is 36.9. The van der Waals surface area contributed by atoms with Crippen LogP contribution in [0.25, 0.3) is 0 Å². The number of halogens is 2. The molecule has 2 atom stereocenters. The third-order valence-electron chi connectivity index (χ3n) is 11.6. The van der Waals surface area contributed by atoms with E-state index in [-0.39, 0.29) is 0 Å². The fraction of sp³-hybridized carbons (Fsp3) is 0.944. The molecule has 0 aromatic heterocycles. The van der Waals surface area contributed by atoms with E-state index in [9.17, 15) is 8.78 Å². The van der Waals surface area contributed by atoms with Crippen LogP contribution in [0.15, 0.2) is 12.2 Å². The lowest BCUT2D eigenvalue weighted by Crippen LogP contribution is -2.37. The Morgan fingerprint density at radius 3 is 1.70 bits per heavy atom. The van der Waals surface area contributed by atoms with E-state index < -0.39 is 6.08 Å². The summed E-state index contributed by atoms with van der Waals surface area (Å²) in [4.78, 5) is 0. The zero-order chi connectivity index (χ0) is 28.0. The summed E-state index contributed by atoms with van der Waals surface area (Å²) in [6.45, 7) is 3.98. The van der Waals surface area contributed by atoms with Gasteiger partial charge in [-0.1, -0.05) is 84.0 Å². The SMILES string of the molecule is CCCCCOC1CCC(C2CCC(CCCCC3CCC(C4CCC(CCC=C(F)F)CC4)CC3)CC2)OC1. The molecule has 0 radical (unpaired) electrons. The predicted octanol–water partition coefficient (Wildman–Crippen LogP) is 11.3. The molecule has 0 N–H and O–H groups in total. The van der Waals surface area contributed by atoms with Crippen molar-refractivity contribution < 1.29 is 18.3 Å². The van der Waals surface area contributed by atoms with Crippen molar-refractivity contribution in [2.24, 2.45) is 35.5 Å². The number of hydrogen-bond donors (Lipinski definition) is 0. The van der Waals surface area contributed by atoms with E-state index in [0.29, 0.717) is 24.5 Å². The summed E-state index contributed by atoms with van der Waals surface area (Å²) in [5.41, 5.74) is 0. The van der Waals surface area contributed by atoms with Gasteiger partial charge in [0.15, 0.2) is 0 Å². The monoisotopic (exact) mass is 564 g/mol. The summed E-state index contributed by atoms with van der Waals surface area (Å²) in [6.07, 6.45) is 30.6. The van der Waals surface area contributed by atoms with Crippen LogP contribution in [0.4, 0.5) is 8.78 Å². The van der Waals surface area contributed by atoms with Crippen LogP contribution in [0, 0.1) is 35.5 Å². The first-order chi connectivity index (χ1) is 19.6. The predicted molar refractivity (Wildman–Crippen MR) is 163 cm³/mol. The van der Waals surface area contributed by atoms with Crippen molar-refractivity contribution in [3.8, 4) is 0 Å². The Bertz CT molecular complexity index is 675. The van der Waals surface area contributed by atoms with E-state index in [0.717, 1.165) is 55.3 Å². The molecule has 3 aliphatic carbocycles. The van der Waals surface area contributed by atoms with Crippen molar-refractivity contribution in [1.29, 1.82) is 0 Å². The fourth-order valence-electron chi connectivity index (χ4n) is 8.89.